The van der Waals surface area contributed by atoms with Crippen LogP contribution in [-0.2, 0) is 23.7 Å². The largest absolute Gasteiger partial charge is 0.443 e. The summed E-state index contributed by atoms with van der Waals surface area (Å²) >= 11 is 6.15. The fourth-order valence-electron chi connectivity index (χ4n) is 12.2. The number of fused-ring (bicyclic) bond motifs is 6. The number of ketones is 2. The molecule has 32 nitrogen and oxygen atoms in total. The molecule has 0 radical (unpaired) electrons. The van der Waals surface area contributed by atoms with Crippen molar-refractivity contribution >= 4 is 138 Å². The van der Waals surface area contributed by atoms with Crippen molar-refractivity contribution in [3.63, 3.8) is 0 Å². The summed E-state index contributed by atoms with van der Waals surface area (Å²) in [5.74, 6) is 2.48. The maximum absolute atomic E-state index is 13.3. The first-order chi connectivity index (χ1) is 50.3. The maximum Gasteiger partial charge on any atom is 0.415 e. The van der Waals surface area contributed by atoms with Crippen LogP contribution in [0.25, 0.3) is 50.2 Å². The monoisotopic (exact) mass is 1460 g/mol. The number of nitrogens with zero attached hydrogens (tertiary/aromatic N) is 14. The zero-order chi connectivity index (χ0) is 74.6. The van der Waals surface area contributed by atoms with Crippen LogP contribution in [0.5, 0.6) is 0 Å². The van der Waals surface area contributed by atoms with Crippen LogP contribution in [0.3, 0.4) is 0 Å². The molecule has 12 aromatic rings. The lowest BCUT2D eigenvalue weighted by molar-refractivity contribution is -0.0171. The molecular weight excluding hydrogens is 1370 g/mol. The van der Waals surface area contributed by atoms with Gasteiger partial charge < -0.3 is 63.9 Å². The molecule has 0 saturated heterocycles. The van der Waals surface area contributed by atoms with Gasteiger partial charge in [0.2, 0.25) is 0 Å². The third-order valence-electron chi connectivity index (χ3n) is 18.1. The van der Waals surface area contributed by atoms with Crippen LogP contribution in [0.4, 0.5) is 55.7 Å². The fourth-order valence-corrected chi connectivity index (χ4v) is 12.4. The van der Waals surface area contributed by atoms with E-state index in [9.17, 15) is 24.0 Å². The van der Waals surface area contributed by atoms with E-state index >= 15 is 0 Å². The molecule has 3 fully saturated rings. The number of aromatic nitrogens is 12. The summed E-state index contributed by atoms with van der Waals surface area (Å²) in [5.41, 5.74) is 12.7. The Morgan fingerprint density at radius 1 is 0.562 bits per heavy atom. The molecule has 33 heteroatoms. The number of carbonyl (C=O) groups is 5. The Balaban J connectivity index is 0.000000139. The highest BCUT2D eigenvalue weighted by Crippen LogP contribution is 2.37. The van der Waals surface area contributed by atoms with Gasteiger partial charge in [-0.25, -0.2) is 39.5 Å². The van der Waals surface area contributed by atoms with Crippen molar-refractivity contribution in [3.05, 3.63) is 132 Å². The Labute approximate surface area is 606 Å². The van der Waals surface area contributed by atoms with Crippen molar-refractivity contribution in [2.75, 3.05) is 74.0 Å². The minimum atomic E-state index is -0.687. The average molecular weight is 1460 g/mol. The molecule has 3 aromatic carbocycles. The molecule has 3 aliphatic carbocycles. The van der Waals surface area contributed by atoms with Crippen LogP contribution in [0.15, 0.2) is 124 Å². The number of benzene rings is 3. The van der Waals surface area contributed by atoms with Crippen molar-refractivity contribution in [3.8, 4) is 0 Å². The standard InChI is InChI=1S/C26H30N6O5.C21H22N6O3.C18H24ClN5O4.C7H6N2O/c1-26(2,3)37-25(34)31(4)22-12-21(29-17-7-6-8-20-23(17)27-14-36-20)30-24-16(13-28-32(22)24)18(33)11-15-9-10-19(15)35-5;1-22-19-9-18(25-14-4-3-5-17-20(14)23-11-30-17)26-21-13(10-24-27(19)21)15(28)8-12-6-7-16(12)29-2;1-18(2,3)28-17(26)23(4)14-8-13(19)22-15-10(9-20-24(14)15)16(25)21-11-6-7-12(11)27-5;8-5-2-1-3-6-7(5)9-4-10-6/h6-8,12-15,19H,9-11H2,1-5H3,(H,29,30);3-5,9-12,16,22H,6-8H2,1-2H3,(H,25,26);8-9,11-12H,6-7H2,1-5H3,(H,21,25);1-4H,8H2/t;;11?,12-;/m..0./s1. The predicted molar refractivity (Wildman–Crippen MR) is 392 cm³/mol. The molecule has 3 saturated carbocycles. The van der Waals surface area contributed by atoms with E-state index in [1.165, 1.54) is 63.5 Å². The average Bonchev–Trinajstić information content (AvgIpc) is 1.67. The van der Waals surface area contributed by atoms with Crippen molar-refractivity contribution in [2.24, 2.45) is 11.8 Å². The summed E-state index contributed by atoms with van der Waals surface area (Å²) in [4.78, 5) is 93.0. The van der Waals surface area contributed by atoms with Gasteiger partial charge in [-0.1, -0.05) is 29.8 Å². The summed E-state index contributed by atoms with van der Waals surface area (Å²) in [6, 6.07) is 21.5. The molecule has 6 N–H and O–H groups in total. The molecule has 9 heterocycles. The van der Waals surface area contributed by atoms with E-state index in [4.69, 9.17) is 59.3 Å². The van der Waals surface area contributed by atoms with E-state index in [1.54, 1.807) is 99.8 Å². The van der Waals surface area contributed by atoms with Crippen LogP contribution in [0.2, 0.25) is 5.15 Å². The maximum atomic E-state index is 13.3. The third-order valence-corrected chi connectivity index (χ3v) is 18.3. The summed E-state index contributed by atoms with van der Waals surface area (Å²) in [6.45, 7) is 10.7. The van der Waals surface area contributed by atoms with E-state index in [0.29, 0.717) is 97.9 Å². The highest BCUT2D eigenvalue weighted by Gasteiger charge is 2.37. The van der Waals surface area contributed by atoms with Gasteiger partial charge in [0.1, 0.15) is 67.6 Å². The fraction of sp³-hybridized carbons (Fsp3) is 0.389. The van der Waals surface area contributed by atoms with Crippen molar-refractivity contribution < 1.29 is 60.9 Å². The van der Waals surface area contributed by atoms with Crippen LogP contribution >= 0.6 is 11.6 Å². The van der Waals surface area contributed by atoms with Crippen molar-refractivity contribution in [1.29, 1.82) is 0 Å². The molecule has 3 amide bonds. The first kappa shape index (κ1) is 73.4. The Bertz CT molecular complexity index is 5160. The number of para-hydroxylation sites is 3. The zero-order valence-corrected chi connectivity index (χ0v) is 60.8. The zero-order valence-electron chi connectivity index (χ0n) is 60.0. The molecule has 0 spiro atoms. The number of hydrogen-bond donors (Lipinski definition) is 5. The van der Waals surface area contributed by atoms with Crippen LogP contribution in [-0.4, -0.2) is 166 Å². The lowest BCUT2D eigenvalue weighted by Gasteiger charge is -2.35. The topological polar surface area (TPSA) is 381 Å². The number of halogens is 1. The minimum absolute atomic E-state index is 0.0104. The Morgan fingerprint density at radius 2 is 1.00 bits per heavy atom. The predicted octanol–water partition coefficient (Wildman–Crippen LogP) is 12.7. The number of rotatable bonds is 18. The van der Waals surface area contributed by atoms with Gasteiger partial charge in [-0.3, -0.25) is 24.2 Å². The van der Waals surface area contributed by atoms with E-state index in [2.05, 4.69) is 61.5 Å². The third kappa shape index (κ3) is 16.2. The first-order valence-corrected chi connectivity index (χ1v) is 34.3. The number of nitrogens with one attached hydrogen (secondary N) is 4. The quantitative estimate of drug-likeness (QED) is 0.0302. The number of oxazole rings is 3. The summed E-state index contributed by atoms with van der Waals surface area (Å²) < 4.78 is 47.4. The van der Waals surface area contributed by atoms with E-state index < -0.39 is 23.4 Å². The van der Waals surface area contributed by atoms with Gasteiger partial charge in [0.05, 0.1) is 71.1 Å². The number of nitrogens with two attached hydrogens (primary N) is 1. The summed E-state index contributed by atoms with van der Waals surface area (Å²) in [6.07, 6.45) is 14.2. The molecule has 5 unspecified atom stereocenters. The second-order valence-electron chi connectivity index (χ2n) is 27.4. The number of hydrogen-bond acceptors (Lipinski definition) is 26. The lowest BCUT2D eigenvalue weighted by Crippen LogP contribution is -2.51. The molecule has 6 atom stereocenters. The van der Waals surface area contributed by atoms with Gasteiger partial charge in [0, 0.05) is 73.5 Å². The number of anilines is 8. The lowest BCUT2D eigenvalue weighted by atomic mass is 9.78. The number of carbonyl (C=O) groups excluding carboxylic acids is 5. The summed E-state index contributed by atoms with van der Waals surface area (Å²) in [7, 11) is 9.93. The number of amides is 3. The number of Topliss-reactive ketones (excluding diaryl/α,β-unsaturated/α-hetero) is 2. The van der Waals surface area contributed by atoms with E-state index in [0.717, 1.165) is 55.3 Å². The second-order valence-corrected chi connectivity index (χ2v) is 27.8. The molecule has 15 rings (SSSR count). The second kappa shape index (κ2) is 30.9. The molecule has 9 aromatic heterocycles. The van der Waals surface area contributed by atoms with Gasteiger partial charge in [-0.2, -0.15) is 28.8 Å². The van der Waals surface area contributed by atoms with Crippen LogP contribution in [0, 0.1) is 11.8 Å². The first-order valence-electron chi connectivity index (χ1n) is 34.0. The molecule has 0 bridgehead atoms. The number of methoxy groups -OCH3 is 3. The molecule has 0 aliphatic heterocycles. The van der Waals surface area contributed by atoms with Crippen LogP contribution < -0.4 is 36.8 Å². The van der Waals surface area contributed by atoms with Gasteiger partial charge in [0.25, 0.3) is 5.91 Å². The van der Waals surface area contributed by atoms with Gasteiger partial charge in [-0.05, 0) is 128 Å². The molecule has 105 heavy (non-hydrogen) atoms. The van der Waals surface area contributed by atoms with Crippen LogP contribution in [0.1, 0.15) is 124 Å². The van der Waals surface area contributed by atoms with Crippen molar-refractivity contribution in [2.45, 2.75) is 128 Å². The minimum Gasteiger partial charge on any atom is -0.443 e. The molecular formula is C72H82ClN19O13. The number of nitrogen functional groups attached to an aromatic ring is 1. The Hall–Kier alpha value is -11.4. The highest BCUT2D eigenvalue weighted by molar-refractivity contribution is 6.30. The SMILES string of the molecule is CNc1cc(Nc2cccc3ocnc23)nc2c(C(=O)CC3CCC3OC)cnn12.COC1CCC1CC(=O)c1cnn2c(N(C)C(=O)OC(C)(C)C)cc(Nc3cccc4ocnc34)nc12.CO[C@H]1CCC1NC(=O)c1cnn2c(N(C)C(=O)OC(C)(C)C)cc(Cl)nc12.Nc1cccc2ocnc12. The Kier molecular flexibility index (Phi) is 21.6. The van der Waals surface area contributed by atoms with Crippen molar-refractivity contribution in [1.82, 2.24) is 64.1 Å². The number of ether oxygens (including phenoxy) is 5. The van der Waals surface area contributed by atoms with Gasteiger partial charge >= 0.3 is 12.2 Å². The van der Waals surface area contributed by atoms with E-state index in [-0.39, 0.29) is 70.0 Å². The summed E-state index contributed by atoms with van der Waals surface area (Å²) in [5, 5.41) is 25.7. The Morgan fingerprint density at radius 3 is 1.46 bits per heavy atom. The van der Waals surface area contributed by atoms with E-state index in [1.807, 2.05) is 54.6 Å². The smallest absolute Gasteiger partial charge is 0.415 e. The van der Waals surface area contributed by atoms with Gasteiger partial charge in [0.15, 0.2) is 64.4 Å². The normalized spacial score (nSPS) is 17.6. The molecule has 3 aliphatic rings. The highest BCUT2D eigenvalue weighted by atomic mass is 35.5. The molecule has 550 valence electrons. The van der Waals surface area contributed by atoms with Gasteiger partial charge in [-0.15, -0.1) is 0 Å².